The Bertz CT molecular complexity index is 616. The molecule has 4 nitrogen and oxygen atoms in total. The summed E-state index contributed by atoms with van der Waals surface area (Å²) in [7, 11) is 0. The molecule has 1 aliphatic rings. The maximum atomic E-state index is 11.6. The van der Waals surface area contributed by atoms with Gasteiger partial charge in [-0.05, 0) is 45.7 Å². The van der Waals surface area contributed by atoms with Crippen LogP contribution in [0.4, 0.5) is 0 Å². The maximum absolute atomic E-state index is 11.6. The summed E-state index contributed by atoms with van der Waals surface area (Å²) in [6, 6.07) is 1.93. The second-order valence-corrected chi connectivity index (χ2v) is 4.81. The molecule has 0 aliphatic carbocycles. The van der Waals surface area contributed by atoms with Crippen LogP contribution in [-0.4, -0.2) is 11.9 Å². The van der Waals surface area contributed by atoms with E-state index in [0.717, 1.165) is 22.7 Å². The van der Waals surface area contributed by atoms with Crippen LogP contribution in [0, 0.1) is 13.8 Å². The van der Waals surface area contributed by atoms with E-state index in [2.05, 4.69) is 4.74 Å². The van der Waals surface area contributed by atoms with Gasteiger partial charge in [-0.15, -0.1) is 0 Å². The fraction of sp³-hybridized carbons (Fsp3) is 0.333. The van der Waals surface area contributed by atoms with Crippen LogP contribution in [0.3, 0.4) is 0 Å². The van der Waals surface area contributed by atoms with E-state index in [1.807, 2.05) is 19.9 Å². The zero-order chi connectivity index (χ0) is 14.2. The fourth-order valence-electron chi connectivity index (χ4n) is 2.16. The van der Waals surface area contributed by atoms with Crippen LogP contribution >= 0.6 is 0 Å². The Morgan fingerprint density at radius 3 is 2.35 bits per heavy atom. The van der Waals surface area contributed by atoms with E-state index in [-0.39, 0.29) is 0 Å². The molecule has 0 N–H and O–H groups in total. The molecule has 0 unspecified atom stereocenters. The number of cyclic esters (lactones) is 2. The van der Waals surface area contributed by atoms with Gasteiger partial charge in [-0.2, -0.15) is 0 Å². The molecule has 0 aromatic carbocycles. The van der Waals surface area contributed by atoms with Gasteiger partial charge >= 0.3 is 11.9 Å². The van der Waals surface area contributed by atoms with Gasteiger partial charge in [0.25, 0.3) is 0 Å². The van der Waals surface area contributed by atoms with Crippen LogP contribution in [0.5, 0.6) is 0 Å². The zero-order valence-electron chi connectivity index (χ0n) is 11.8. The van der Waals surface area contributed by atoms with Crippen molar-refractivity contribution in [1.82, 2.24) is 0 Å². The minimum absolute atomic E-state index is 0. The zero-order valence-corrected chi connectivity index (χ0v) is 14.0. The number of hydrogen-bond acceptors (Lipinski definition) is 4. The monoisotopic (exact) mass is 519 g/mol. The van der Waals surface area contributed by atoms with Crippen molar-refractivity contribution in [3.8, 4) is 0 Å². The molecular formula is C15H16NoO4. The summed E-state index contributed by atoms with van der Waals surface area (Å²) in [5.41, 5.74) is 2.51. The first-order valence-electron chi connectivity index (χ1n) is 6.10. The quantitative estimate of drug-likeness (QED) is 0.343. The molecule has 0 bridgehead atoms. The number of esters is 2. The Morgan fingerprint density at radius 2 is 1.85 bits per heavy atom. The van der Waals surface area contributed by atoms with Crippen LogP contribution in [0.15, 0.2) is 33.3 Å². The van der Waals surface area contributed by atoms with Crippen molar-refractivity contribution in [2.75, 3.05) is 0 Å². The number of carbonyl (C=O) groups is 2. The molecule has 1 fully saturated rings. The van der Waals surface area contributed by atoms with Gasteiger partial charge in [-0.25, -0.2) is 9.59 Å². The molecule has 0 spiro atoms. The standard InChI is InChI=1S/C15H16O4.No/c1-8(2)13-12(14(16)19-15(13)17)6-5-11-7-9(3)18-10(11)4;/h6-7H,5H2,1-4H3;/b12-6+;. The van der Waals surface area contributed by atoms with Crippen molar-refractivity contribution >= 4 is 11.9 Å². The Morgan fingerprint density at radius 1 is 1.20 bits per heavy atom. The summed E-state index contributed by atoms with van der Waals surface area (Å²) < 4.78 is 10.1. The van der Waals surface area contributed by atoms with Crippen molar-refractivity contribution in [2.24, 2.45) is 0 Å². The van der Waals surface area contributed by atoms with E-state index in [0.29, 0.717) is 17.6 Å². The minimum Gasteiger partial charge on any atom is -0.466 e. The molecule has 114 valence electrons. The molecule has 1 aliphatic heterocycles. The maximum Gasteiger partial charge on any atom is 0.346 e. The Labute approximate surface area is 111 Å². The Balaban J connectivity index is 0.00000200. The second kappa shape index (κ2) is 5.26. The van der Waals surface area contributed by atoms with Crippen molar-refractivity contribution in [3.05, 3.63) is 45.9 Å². The van der Waals surface area contributed by atoms with E-state index in [1.54, 1.807) is 19.9 Å². The third kappa shape index (κ3) is 2.51. The number of carbonyl (C=O) groups excluding carboxylic acids is 2. The van der Waals surface area contributed by atoms with Crippen LogP contribution in [0.25, 0.3) is 0 Å². The van der Waals surface area contributed by atoms with E-state index in [4.69, 9.17) is 4.42 Å². The predicted molar refractivity (Wildman–Crippen MR) is 69.4 cm³/mol. The van der Waals surface area contributed by atoms with Crippen molar-refractivity contribution in [3.63, 3.8) is 0 Å². The molecule has 0 atom stereocenters. The molecule has 1 aromatic heterocycles. The molecule has 1 aromatic rings. The third-order valence-corrected chi connectivity index (χ3v) is 3.05. The molecule has 0 saturated carbocycles. The number of hydrogen-bond donors (Lipinski definition) is 0. The van der Waals surface area contributed by atoms with E-state index in [1.165, 1.54) is 0 Å². The van der Waals surface area contributed by atoms with Crippen molar-refractivity contribution in [2.45, 2.75) is 34.1 Å². The molecule has 0 radical (unpaired) electrons. The summed E-state index contributed by atoms with van der Waals surface area (Å²) in [4.78, 5) is 23.2. The van der Waals surface area contributed by atoms with Crippen LogP contribution in [-0.2, 0) is 20.7 Å². The average Bonchev–Trinajstić information content (AvgIpc) is 2.75. The molecular weight excluding hydrogens is 503 g/mol. The van der Waals surface area contributed by atoms with Gasteiger partial charge in [0.15, 0.2) is 0 Å². The van der Waals surface area contributed by atoms with Gasteiger partial charge in [0, 0.05) is 0 Å². The summed E-state index contributed by atoms with van der Waals surface area (Å²) >= 11 is 0. The first-order valence-corrected chi connectivity index (χ1v) is 6.10. The summed E-state index contributed by atoms with van der Waals surface area (Å²) in [6.45, 7) is 7.33. The van der Waals surface area contributed by atoms with Gasteiger partial charge in [-0.3, -0.25) is 0 Å². The first-order chi connectivity index (χ1) is 8.90. The summed E-state index contributed by atoms with van der Waals surface area (Å²) in [5, 5.41) is 0. The molecule has 0 amide bonds. The predicted octanol–water partition coefficient (Wildman–Crippen LogP) is 2.79. The van der Waals surface area contributed by atoms with Gasteiger partial charge in [0.1, 0.15) is 11.5 Å². The fourth-order valence-corrected chi connectivity index (χ4v) is 2.16. The normalized spacial score (nSPS) is 16.4. The van der Waals surface area contributed by atoms with Crippen molar-refractivity contribution in [1.29, 1.82) is 0 Å². The Kier molecular flexibility index (Phi) is 3.94. The molecule has 2 rings (SSSR count). The molecule has 20 heavy (non-hydrogen) atoms. The first kappa shape index (κ1) is 15.0. The van der Waals surface area contributed by atoms with Crippen LogP contribution in [0.2, 0.25) is 0 Å². The number of aryl methyl sites for hydroxylation is 2. The number of allylic oxidation sites excluding steroid dienone is 2. The van der Waals surface area contributed by atoms with Gasteiger partial charge in [0.05, 0.1) is 11.1 Å². The number of rotatable bonds is 2. The largest absolute Gasteiger partial charge is 0.466 e. The van der Waals surface area contributed by atoms with E-state index in [9.17, 15) is 9.59 Å². The summed E-state index contributed by atoms with van der Waals surface area (Å²) in [5.74, 6) is 0.527. The third-order valence-electron chi connectivity index (χ3n) is 3.05. The van der Waals surface area contributed by atoms with Crippen molar-refractivity contribution < 1.29 is 18.7 Å². The van der Waals surface area contributed by atoms with Gasteiger partial charge in [-0.1, -0.05) is 11.6 Å². The van der Waals surface area contributed by atoms with E-state index < -0.39 is 11.9 Å². The number of ether oxygens (including phenoxy) is 1. The molecule has 2 heterocycles. The minimum atomic E-state index is -0.570. The van der Waals surface area contributed by atoms with Crippen LogP contribution < -0.4 is 0 Å². The van der Waals surface area contributed by atoms with Gasteiger partial charge < -0.3 is 9.15 Å². The van der Waals surface area contributed by atoms with Gasteiger partial charge in [0.2, 0.25) is 0 Å². The Hall–Kier alpha value is -3.10. The molecule has 5 heteroatoms. The van der Waals surface area contributed by atoms with E-state index >= 15 is 0 Å². The summed E-state index contributed by atoms with van der Waals surface area (Å²) in [6.07, 6.45) is 2.27. The van der Waals surface area contributed by atoms with Crippen LogP contribution in [0.1, 0.15) is 30.9 Å². The SMILES string of the molecule is CC(C)=C1C(=O)OC(=O)/C1=C/Cc1cc(C)oc1C.[No]. The average molecular weight is 519 g/mol. The number of furan rings is 1. The smallest absolute Gasteiger partial charge is 0.346 e. The molecule has 1 saturated heterocycles. The topological polar surface area (TPSA) is 56.5 Å². The second-order valence-electron chi connectivity index (χ2n) is 4.81.